The number of nitrogens with one attached hydrogen (secondary N) is 3. The number of rotatable bonds is 7. The molecule has 43 heavy (non-hydrogen) atoms. The van der Waals surface area contributed by atoms with Gasteiger partial charge in [0.2, 0.25) is 23.6 Å². The average molecular weight is 598 g/mol. The second-order valence-electron chi connectivity index (χ2n) is 12.8. The quantitative estimate of drug-likeness (QED) is 0.433. The normalized spacial score (nSPS) is 27.1. The van der Waals surface area contributed by atoms with Gasteiger partial charge in [-0.2, -0.15) is 0 Å². The molecule has 4 amide bonds. The van der Waals surface area contributed by atoms with E-state index < -0.39 is 18.1 Å². The third-order valence-corrected chi connectivity index (χ3v) is 9.17. The van der Waals surface area contributed by atoms with Gasteiger partial charge in [-0.05, 0) is 68.1 Å². The van der Waals surface area contributed by atoms with Gasteiger partial charge in [0.05, 0.1) is 19.8 Å². The molecule has 236 valence electrons. The van der Waals surface area contributed by atoms with Gasteiger partial charge >= 0.3 is 0 Å². The Morgan fingerprint density at radius 2 is 1.84 bits per heavy atom. The van der Waals surface area contributed by atoms with Gasteiger partial charge in [-0.15, -0.1) is 0 Å². The Morgan fingerprint density at radius 1 is 1.02 bits per heavy atom. The zero-order chi connectivity index (χ0) is 30.2. The summed E-state index contributed by atoms with van der Waals surface area (Å²) in [6.45, 7) is 7.09. The highest BCUT2D eigenvalue weighted by molar-refractivity contribution is 5.94. The van der Waals surface area contributed by atoms with Crippen molar-refractivity contribution < 1.29 is 28.7 Å². The van der Waals surface area contributed by atoms with Crippen molar-refractivity contribution in [1.82, 2.24) is 25.8 Å². The molecule has 0 spiro atoms. The lowest BCUT2D eigenvalue weighted by Gasteiger charge is -2.31. The van der Waals surface area contributed by atoms with Crippen molar-refractivity contribution in [2.24, 2.45) is 5.41 Å². The van der Waals surface area contributed by atoms with Crippen molar-refractivity contribution in [3.05, 3.63) is 29.8 Å². The predicted octanol–water partition coefficient (Wildman–Crippen LogP) is 1.39. The van der Waals surface area contributed by atoms with Gasteiger partial charge in [0.25, 0.3) is 0 Å². The fourth-order valence-electron chi connectivity index (χ4n) is 6.00. The summed E-state index contributed by atoms with van der Waals surface area (Å²) in [7, 11) is 0. The minimum atomic E-state index is -0.852. The maximum atomic E-state index is 13.9. The number of amides is 4. The number of benzene rings is 1. The van der Waals surface area contributed by atoms with Gasteiger partial charge < -0.3 is 30.3 Å². The molecule has 3 aliphatic heterocycles. The Morgan fingerprint density at radius 3 is 2.58 bits per heavy atom. The summed E-state index contributed by atoms with van der Waals surface area (Å²) in [5, 5.41) is 9.04. The highest BCUT2D eigenvalue weighted by Crippen LogP contribution is 2.44. The Labute approximate surface area is 254 Å². The van der Waals surface area contributed by atoms with Crippen molar-refractivity contribution in [3.8, 4) is 5.75 Å². The van der Waals surface area contributed by atoms with Crippen molar-refractivity contribution in [1.29, 1.82) is 0 Å². The molecule has 5 rings (SSSR count). The average Bonchev–Trinajstić information content (AvgIpc) is 3.60. The number of ether oxygens (including phenoxy) is 2. The number of likely N-dealkylation sites (tertiary alicyclic amines) is 1. The number of hydrogen-bond donors (Lipinski definition) is 3. The molecule has 1 aromatic carbocycles. The van der Waals surface area contributed by atoms with Crippen LogP contribution in [0.3, 0.4) is 0 Å². The van der Waals surface area contributed by atoms with E-state index in [9.17, 15) is 19.2 Å². The number of hydrogen-bond acceptors (Lipinski definition) is 7. The summed E-state index contributed by atoms with van der Waals surface area (Å²) in [5.74, 6) is -0.290. The molecular formula is C32H47N5O6. The van der Waals surface area contributed by atoms with Gasteiger partial charge in [0.1, 0.15) is 23.9 Å². The highest BCUT2D eigenvalue weighted by Gasteiger charge is 2.39. The molecule has 1 saturated carbocycles. The first-order valence-corrected chi connectivity index (χ1v) is 16.0. The number of carbonyl (C=O) groups is 4. The van der Waals surface area contributed by atoms with E-state index in [1.54, 1.807) is 4.90 Å². The van der Waals surface area contributed by atoms with Crippen molar-refractivity contribution in [2.75, 3.05) is 52.5 Å². The largest absolute Gasteiger partial charge is 0.494 e. The van der Waals surface area contributed by atoms with E-state index in [1.165, 1.54) is 0 Å². The summed E-state index contributed by atoms with van der Waals surface area (Å²) in [6.07, 6.45) is 5.85. The molecule has 2 bridgehead atoms. The minimum Gasteiger partial charge on any atom is -0.494 e. The molecule has 0 radical (unpaired) electrons. The molecular weight excluding hydrogens is 550 g/mol. The van der Waals surface area contributed by atoms with Crippen LogP contribution in [0.15, 0.2) is 24.3 Å². The molecule has 3 fully saturated rings. The van der Waals surface area contributed by atoms with Gasteiger partial charge in [-0.25, -0.2) is 0 Å². The number of fused-ring (bicyclic) bond motifs is 2. The lowest BCUT2D eigenvalue weighted by Crippen LogP contribution is -2.58. The van der Waals surface area contributed by atoms with E-state index in [1.807, 2.05) is 24.3 Å². The maximum Gasteiger partial charge on any atom is 0.243 e. The summed E-state index contributed by atoms with van der Waals surface area (Å²) in [6, 6.07) is 5.32. The number of carbonyl (C=O) groups excluding carboxylic acids is 4. The number of morpholine rings is 1. The minimum absolute atomic E-state index is 0.0580. The topological polar surface area (TPSA) is 129 Å². The molecule has 1 aliphatic carbocycles. The fraction of sp³-hybridized carbons (Fsp3) is 0.688. The monoisotopic (exact) mass is 597 g/mol. The second kappa shape index (κ2) is 14.5. The summed E-state index contributed by atoms with van der Waals surface area (Å²) < 4.78 is 11.5. The van der Waals surface area contributed by atoms with E-state index in [4.69, 9.17) is 9.47 Å². The van der Waals surface area contributed by atoms with Crippen molar-refractivity contribution in [3.63, 3.8) is 0 Å². The maximum absolute atomic E-state index is 13.9. The fourth-order valence-corrected chi connectivity index (χ4v) is 6.00. The van der Waals surface area contributed by atoms with E-state index in [-0.39, 0.29) is 29.0 Å². The van der Waals surface area contributed by atoms with E-state index in [0.717, 1.165) is 37.9 Å². The lowest BCUT2D eigenvalue weighted by atomic mass is 10.0. The SMILES string of the molecule is CC1(CNC(=O)[C@@H]2CCCCOc3cccc(c3)C[C@H](N3CCCC3=O)C(=O)N[C@@H](CCN3CCOCC3)C(=O)N2)CC1. The van der Waals surface area contributed by atoms with Crippen LogP contribution in [-0.2, 0) is 30.3 Å². The zero-order valence-corrected chi connectivity index (χ0v) is 25.4. The van der Waals surface area contributed by atoms with Crippen LogP contribution in [0.1, 0.15) is 63.9 Å². The molecule has 1 aromatic rings. The predicted molar refractivity (Wildman–Crippen MR) is 160 cm³/mol. The Bertz CT molecular complexity index is 1150. The first-order valence-electron chi connectivity index (χ1n) is 16.0. The van der Waals surface area contributed by atoms with Crippen LogP contribution in [-0.4, -0.2) is 104 Å². The Kier molecular flexibility index (Phi) is 10.6. The van der Waals surface area contributed by atoms with Crippen molar-refractivity contribution in [2.45, 2.75) is 82.8 Å². The van der Waals surface area contributed by atoms with Crippen LogP contribution in [0, 0.1) is 5.41 Å². The number of nitrogens with zero attached hydrogens (tertiary/aromatic N) is 2. The van der Waals surface area contributed by atoms with Crippen LogP contribution in [0.2, 0.25) is 0 Å². The van der Waals surface area contributed by atoms with E-state index >= 15 is 0 Å². The Balaban J connectivity index is 1.38. The third kappa shape index (κ3) is 8.92. The van der Waals surface area contributed by atoms with Gasteiger partial charge in [-0.3, -0.25) is 24.1 Å². The van der Waals surface area contributed by atoms with E-state index in [0.29, 0.717) is 83.7 Å². The van der Waals surface area contributed by atoms with Crippen LogP contribution < -0.4 is 20.7 Å². The summed E-state index contributed by atoms with van der Waals surface area (Å²) >= 11 is 0. The molecule has 2 saturated heterocycles. The standard InChI is InChI=1S/C32H47N5O6/c1-32(11-12-32)22-33-29(39)25-8-2-3-17-43-24-7-4-6-23(20-24)21-27(37-13-5-9-28(37)38)31(41)35-26(30(40)34-25)10-14-36-15-18-42-19-16-36/h4,6-7,20,25-27H,2-3,5,8-19,21-22H2,1H3,(H,33,39)(H,34,40)(H,35,41)/t25-,26-,27-/m0/s1. The summed E-state index contributed by atoms with van der Waals surface area (Å²) in [4.78, 5) is 57.8. The molecule has 3 N–H and O–H groups in total. The summed E-state index contributed by atoms with van der Waals surface area (Å²) in [5.41, 5.74) is 1.02. The molecule has 11 nitrogen and oxygen atoms in total. The lowest BCUT2D eigenvalue weighted by molar-refractivity contribution is -0.139. The van der Waals surface area contributed by atoms with E-state index in [2.05, 4.69) is 27.8 Å². The highest BCUT2D eigenvalue weighted by atomic mass is 16.5. The van der Waals surface area contributed by atoms with Gasteiger partial charge in [0.15, 0.2) is 0 Å². The molecule has 0 unspecified atom stereocenters. The first kappa shape index (κ1) is 31.3. The first-order chi connectivity index (χ1) is 20.8. The second-order valence-corrected chi connectivity index (χ2v) is 12.8. The molecule has 4 aliphatic rings. The molecule has 3 atom stereocenters. The van der Waals surface area contributed by atoms with Crippen LogP contribution in [0.4, 0.5) is 0 Å². The third-order valence-electron chi connectivity index (χ3n) is 9.17. The smallest absolute Gasteiger partial charge is 0.243 e. The van der Waals surface area contributed by atoms with Crippen LogP contribution in [0.25, 0.3) is 0 Å². The molecule has 3 heterocycles. The Hall–Kier alpha value is -3.18. The van der Waals surface area contributed by atoms with Crippen LogP contribution >= 0.6 is 0 Å². The zero-order valence-electron chi connectivity index (χ0n) is 25.4. The molecule has 0 aromatic heterocycles. The van der Waals surface area contributed by atoms with Gasteiger partial charge in [0, 0.05) is 45.6 Å². The van der Waals surface area contributed by atoms with Gasteiger partial charge in [-0.1, -0.05) is 19.1 Å². The van der Waals surface area contributed by atoms with Crippen LogP contribution in [0.5, 0.6) is 5.75 Å². The van der Waals surface area contributed by atoms with Crippen molar-refractivity contribution >= 4 is 23.6 Å². The molecule has 11 heteroatoms.